The van der Waals surface area contributed by atoms with Crippen molar-refractivity contribution < 1.29 is 9.53 Å². The van der Waals surface area contributed by atoms with E-state index in [0.29, 0.717) is 12.5 Å². The minimum absolute atomic E-state index is 0.0747. The molecular weight excluding hydrogens is 261 g/mol. The molecule has 5 heteroatoms. The Kier molecular flexibility index (Phi) is 5.72. The Bertz CT molecular complexity index is 396. The minimum atomic E-state index is -0.456. The first kappa shape index (κ1) is 14.3. The lowest BCUT2D eigenvalue weighted by molar-refractivity contribution is 0.0443. The van der Waals surface area contributed by atoms with E-state index in [1.165, 1.54) is 12.1 Å². The molecule has 3 nitrogen and oxygen atoms in total. The molecular formula is C12H15Cl2NO2. The summed E-state index contributed by atoms with van der Waals surface area (Å²) in [6, 6.07) is 3.03. The lowest BCUT2D eigenvalue weighted by Crippen LogP contribution is -2.12. The monoisotopic (exact) mass is 275 g/mol. The van der Waals surface area contributed by atoms with Crippen molar-refractivity contribution in [3.8, 4) is 0 Å². The van der Waals surface area contributed by atoms with E-state index in [-0.39, 0.29) is 15.9 Å². The highest BCUT2D eigenvalue weighted by Gasteiger charge is 2.14. The number of carbonyl (C=O) groups is 1. The largest absolute Gasteiger partial charge is 0.462 e. The second-order valence-electron chi connectivity index (χ2n) is 3.96. The Morgan fingerprint density at radius 2 is 2.18 bits per heavy atom. The molecule has 0 fully saturated rings. The molecule has 0 saturated heterocycles. The third-order valence-electron chi connectivity index (χ3n) is 2.32. The van der Waals surface area contributed by atoms with Crippen LogP contribution in [-0.4, -0.2) is 17.6 Å². The second-order valence-corrected chi connectivity index (χ2v) is 4.71. The molecule has 0 aliphatic heterocycles. The number of hydrogen-bond donors (Lipinski definition) is 0. The average Bonchev–Trinajstić information content (AvgIpc) is 2.26. The van der Waals surface area contributed by atoms with Gasteiger partial charge in [-0.15, -0.1) is 0 Å². The van der Waals surface area contributed by atoms with Crippen LogP contribution in [0.5, 0.6) is 0 Å². The van der Waals surface area contributed by atoms with Gasteiger partial charge in [-0.25, -0.2) is 9.78 Å². The van der Waals surface area contributed by atoms with Gasteiger partial charge in [0.25, 0.3) is 0 Å². The molecule has 0 spiro atoms. The minimum Gasteiger partial charge on any atom is -0.462 e. The van der Waals surface area contributed by atoms with Crippen LogP contribution in [0.2, 0.25) is 10.3 Å². The summed E-state index contributed by atoms with van der Waals surface area (Å²) in [7, 11) is 0. The quantitative estimate of drug-likeness (QED) is 0.603. The van der Waals surface area contributed by atoms with Crippen LogP contribution in [0.4, 0.5) is 0 Å². The highest BCUT2D eigenvalue weighted by atomic mass is 35.5. The van der Waals surface area contributed by atoms with E-state index in [2.05, 4.69) is 11.9 Å². The van der Waals surface area contributed by atoms with Crippen molar-refractivity contribution in [3.63, 3.8) is 0 Å². The maximum Gasteiger partial charge on any atom is 0.341 e. The zero-order valence-electron chi connectivity index (χ0n) is 9.87. The molecule has 0 amide bonds. The first-order chi connectivity index (χ1) is 8.04. The third-order valence-corrected chi connectivity index (χ3v) is 2.81. The number of carbonyl (C=O) groups excluding carboxylic acids is 1. The van der Waals surface area contributed by atoms with Crippen molar-refractivity contribution in [1.29, 1.82) is 0 Å². The van der Waals surface area contributed by atoms with E-state index in [9.17, 15) is 4.79 Å². The van der Waals surface area contributed by atoms with E-state index in [1.807, 2.05) is 6.92 Å². The summed E-state index contributed by atoms with van der Waals surface area (Å²) >= 11 is 11.4. The Hall–Kier alpha value is -0.800. The SMILES string of the molecule is CCCC(C)COC(=O)c1ccc(Cl)nc1Cl. The highest BCUT2D eigenvalue weighted by Crippen LogP contribution is 2.18. The van der Waals surface area contributed by atoms with Gasteiger partial charge in [-0.3, -0.25) is 0 Å². The Labute approximate surface area is 111 Å². The van der Waals surface area contributed by atoms with Gasteiger partial charge in [0, 0.05) is 0 Å². The lowest BCUT2D eigenvalue weighted by Gasteiger charge is -2.11. The van der Waals surface area contributed by atoms with E-state index in [4.69, 9.17) is 27.9 Å². The predicted octanol–water partition coefficient (Wildman–Crippen LogP) is 3.98. The third kappa shape index (κ3) is 4.52. The fourth-order valence-electron chi connectivity index (χ4n) is 1.44. The van der Waals surface area contributed by atoms with Crippen molar-refractivity contribution in [2.24, 2.45) is 5.92 Å². The standard InChI is InChI=1S/C12H15Cl2NO2/c1-3-4-8(2)7-17-12(16)9-5-6-10(13)15-11(9)14/h5-6,8H,3-4,7H2,1-2H3. The molecule has 1 aromatic heterocycles. The van der Waals surface area contributed by atoms with Crippen LogP contribution in [-0.2, 0) is 4.74 Å². The second kappa shape index (κ2) is 6.82. The average molecular weight is 276 g/mol. The van der Waals surface area contributed by atoms with Gasteiger partial charge in [-0.1, -0.05) is 43.5 Å². The van der Waals surface area contributed by atoms with Gasteiger partial charge in [0.05, 0.1) is 12.2 Å². The van der Waals surface area contributed by atoms with Crippen LogP contribution in [0, 0.1) is 5.92 Å². The van der Waals surface area contributed by atoms with Gasteiger partial charge >= 0.3 is 5.97 Å². The van der Waals surface area contributed by atoms with E-state index < -0.39 is 5.97 Å². The predicted molar refractivity (Wildman–Crippen MR) is 68.6 cm³/mol. The molecule has 1 heterocycles. The molecule has 0 saturated carbocycles. The molecule has 1 unspecified atom stereocenters. The zero-order chi connectivity index (χ0) is 12.8. The maximum absolute atomic E-state index is 11.7. The summed E-state index contributed by atoms with van der Waals surface area (Å²) < 4.78 is 5.16. The lowest BCUT2D eigenvalue weighted by atomic mass is 10.1. The van der Waals surface area contributed by atoms with Crippen molar-refractivity contribution in [2.75, 3.05) is 6.61 Å². The van der Waals surface area contributed by atoms with E-state index in [0.717, 1.165) is 12.8 Å². The number of esters is 1. The number of halogens is 2. The molecule has 1 rings (SSSR count). The fraction of sp³-hybridized carbons (Fsp3) is 0.500. The van der Waals surface area contributed by atoms with E-state index >= 15 is 0 Å². The first-order valence-electron chi connectivity index (χ1n) is 5.53. The summed E-state index contributed by atoms with van der Waals surface area (Å²) in [5, 5.41) is 0.330. The Balaban J connectivity index is 2.58. The van der Waals surface area contributed by atoms with Gasteiger partial charge in [0.15, 0.2) is 0 Å². The highest BCUT2D eigenvalue weighted by molar-refractivity contribution is 6.34. The number of ether oxygens (including phenoxy) is 1. The topological polar surface area (TPSA) is 39.2 Å². The molecule has 0 aliphatic rings. The van der Waals surface area contributed by atoms with Crippen molar-refractivity contribution in [2.45, 2.75) is 26.7 Å². The van der Waals surface area contributed by atoms with Crippen molar-refractivity contribution in [3.05, 3.63) is 28.0 Å². The number of nitrogens with zero attached hydrogens (tertiary/aromatic N) is 1. The Morgan fingerprint density at radius 1 is 1.47 bits per heavy atom. The van der Waals surface area contributed by atoms with E-state index in [1.54, 1.807) is 0 Å². The molecule has 0 bridgehead atoms. The number of hydrogen-bond acceptors (Lipinski definition) is 3. The molecule has 0 N–H and O–H groups in total. The number of aromatic nitrogens is 1. The molecule has 0 aliphatic carbocycles. The maximum atomic E-state index is 11.7. The summed E-state index contributed by atoms with van der Waals surface area (Å²) in [6.45, 7) is 4.53. The first-order valence-corrected chi connectivity index (χ1v) is 6.29. The molecule has 0 radical (unpaired) electrons. The molecule has 0 aromatic carbocycles. The number of rotatable bonds is 5. The van der Waals surface area contributed by atoms with Crippen molar-refractivity contribution >= 4 is 29.2 Å². The zero-order valence-corrected chi connectivity index (χ0v) is 11.4. The van der Waals surface area contributed by atoms with Crippen molar-refractivity contribution in [1.82, 2.24) is 4.98 Å². The van der Waals surface area contributed by atoms with Gasteiger partial charge in [-0.2, -0.15) is 0 Å². The van der Waals surface area contributed by atoms with Crippen LogP contribution >= 0.6 is 23.2 Å². The molecule has 1 atom stereocenters. The fourth-order valence-corrected chi connectivity index (χ4v) is 1.86. The van der Waals surface area contributed by atoms with Gasteiger partial charge in [0.2, 0.25) is 0 Å². The van der Waals surface area contributed by atoms with Crippen LogP contribution in [0.1, 0.15) is 37.0 Å². The summed E-state index contributed by atoms with van der Waals surface area (Å²) in [5.74, 6) is -0.106. The Morgan fingerprint density at radius 3 is 2.76 bits per heavy atom. The van der Waals surface area contributed by atoms with Gasteiger partial charge in [0.1, 0.15) is 10.3 Å². The molecule has 94 valence electrons. The van der Waals surface area contributed by atoms with Crippen LogP contribution in [0.3, 0.4) is 0 Å². The number of pyridine rings is 1. The van der Waals surface area contributed by atoms with Gasteiger partial charge < -0.3 is 4.74 Å². The molecule has 1 aromatic rings. The van der Waals surface area contributed by atoms with Gasteiger partial charge in [-0.05, 0) is 24.5 Å². The normalized spacial score (nSPS) is 12.2. The summed E-state index contributed by atoms with van der Waals surface area (Å²) in [5.41, 5.74) is 0.250. The van der Waals surface area contributed by atoms with Crippen LogP contribution in [0.15, 0.2) is 12.1 Å². The summed E-state index contributed by atoms with van der Waals surface area (Å²) in [4.78, 5) is 15.5. The van der Waals surface area contributed by atoms with Crippen LogP contribution in [0.25, 0.3) is 0 Å². The molecule has 17 heavy (non-hydrogen) atoms. The van der Waals surface area contributed by atoms with Crippen LogP contribution < -0.4 is 0 Å². The smallest absolute Gasteiger partial charge is 0.341 e. The summed E-state index contributed by atoms with van der Waals surface area (Å²) in [6.07, 6.45) is 2.10.